The maximum Gasteiger partial charge on any atom is 0.339 e. The summed E-state index contributed by atoms with van der Waals surface area (Å²) < 4.78 is 31.3. The van der Waals surface area contributed by atoms with Gasteiger partial charge in [-0.2, -0.15) is 4.31 Å². The summed E-state index contributed by atoms with van der Waals surface area (Å²) in [5, 5.41) is 0.272. The molecule has 0 aromatic heterocycles. The minimum Gasteiger partial charge on any atom is -0.465 e. The topological polar surface area (TPSA) is 63.7 Å². The Bertz CT molecular complexity index is 609. The van der Waals surface area contributed by atoms with Gasteiger partial charge in [0.1, 0.15) is 0 Å². The molecule has 7 heteroatoms. The molecular weight excluding hydrogens is 302 g/mol. The third-order valence-corrected chi connectivity index (χ3v) is 5.46. The van der Waals surface area contributed by atoms with Gasteiger partial charge in [0.2, 0.25) is 10.0 Å². The van der Waals surface area contributed by atoms with E-state index in [1.807, 2.05) is 0 Å². The van der Waals surface area contributed by atoms with Crippen molar-refractivity contribution >= 4 is 27.6 Å². The van der Waals surface area contributed by atoms with E-state index in [2.05, 4.69) is 4.74 Å². The summed E-state index contributed by atoms with van der Waals surface area (Å²) in [6, 6.07) is 4.16. The number of carbonyl (C=O) groups is 1. The highest BCUT2D eigenvalue weighted by Gasteiger charge is 2.30. The molecular formula is C13H16ClNO4S. The van der Waals surface area contributed by atoms with Crippen LogP contribution in [0.3, 0.4) is 0 Å². The zero-order valence-electron chi connectivity index (χ0n) is 11.1. The van der Waals surface area contributed by atoms with Gasteiger partial charge in [0.25, 0.3) is 0 Å². The average molecular weight is 318 g/mol. The molecule has 110 valence electrons. The maximum atomic E-state index is 12.6. The van der Waals surface area contributed by atoms with Crippen molar-refractivity contribution in [1.29, 1.82) is 0 Å². The zero-order chi connectivity index (χ0) is 14.8. The van der Waals surface area contributed by atoms with Crippen molar-refractivity contribution in [1.82, 2.24) is 4.31 Å². The highest BCUT2D eigenvalue weighted by atomic mass is 35.5. The molecule has 0 aliphatic carbocycles. The Morgan fingerprint density at radius 3 is 2.50 bits per heavy atom. The largest absolute Gasteiger partial charge is 0.465 e. The number of sulfonamides is 1. The second-order valence-corrected chi connectivity index (χ2v) is 6.94. The number of ether oxygens (including phenoxy) is 1. The molecule has 0 unspecified atom stereocenters. The predicted octanol–water partition coefficient (Wildman–Crippen LogP) is 2.30. The fourth-order valence-electron chi connectivity index (χ4n) is 2.23. The molecule has 20 heavy (non-hydrogen) atoms. The smallest absolute Gasteiger partial charge is 0.339 e. The standard InChI is InChI=1S/C13H16ClNO4S/c1-19-13(16)11-6-5-10(14)9-12(11)20(17,18)15-7-3-2-4-8-15/h5-6,9H,2-4,7-8H2,1H3. The molecule has 1 aromatic carbocycles. The highest BCUT2D eigenvalue weighted by molar-refractivity contribution is 7.89. The Labute approximate surface area is 123 Å². The van der Waals surface area contributed by atoms with Crippen LogP contribution in [-0.2, 0) is 14.8 Å². The fourth-order valence-corrected chi connectivity index (χ4v) is 4.19. The van der Waals surface area contributed by atoms with E-state index < -0.39 is 16.0 Å². The Balaban J connectivity index is 2.49. The molecule has 1 heterocycles. The lowest BCUT2D eigenvalue weighted by Crippen LogP contribution is -2.36. The van der Waals surface area contributed by atoms with Gasteiger partial charge in [-0.3, -0.25) is 0 Å². The van der Waals surface area contributed by atoms with Gasteiger partial charge in [-0.1, -0.05) is 18.0 Å². The van der Waals surface area contributed by atoms with Crippen molar-refractivity contribution < 1.29 is 17.9 Å². The summed E-state index contributed by atoms with van der Waals surface area (Å²) in [6.07, 6.45) is 2.67. The van der Waals surface area contributed by atoms with E-state index in [9.17, 15) is 13.2 Å². The van der Waals surface area contributed by atoms with Gasteiger partial charge in [0, 0.05) is 18.1 Å². The Hall–Kier alpha value is -1.11. The number of nitrogens with zero attached hydrogens (tertiary/aromatic N) is 1. The van der Waals surface area contributed by atoms with Gasteiger partial charge in [0.05, 0.1) is 17.6 Å². The summed E-state index contributed by atoms with van der Waals surface area (Å²) >= 11 is 5.87. The Kier molecular flexibility index (Phi) is 4.67. The number of methoxy groups -OCH3 is 1. The molecule has 1 aliphatic heterocycles. The zero-order valence-corrected chi connectivity index (χ0v) is 12.7. The van der Waals surface area contributed by atoms with E-state index in [0.29, 0.717) is 13.1 Å². The van der Waals surface area contributed by atoms with E-state index >= 15 is 0 Å². The number of carbonyl (C=O) groups excluding carboxylic acids is 1. The number of hydrogen-bond donors (Lipinski definition) is 0. The average Bonchev–Trinajstić information content (AvgIpc) is 2.47. The molecule has 0 spiro atoms. The van der Waals surface area contributed by atoms with Crippen molar-refractivity contribution in [2.75, 3.05) is 20.2 Å². The lowest BCUT2D eigenvalue weighted by Gasteiger charge is -2.26. The number of rotatable bonds is 3. The van der Waals surface area contributed by atoms with Crippen LogP contribution in [0.4, 0.5) is 0 Å². The Morgan fingerprint density at radius 2 is 1.90 bits per heavy atom. The predicted molar refractivity (Wildman–Crippen MR) is 75.4 cm³/mol. The molecule has 0 radical (unpaired) electrons. The van der Waals surface area contributed by atoms with E-state index in [1.165, 1.54) is 29.6 Å². The van der Waals surface area contributed by atoms with Crippen LogP contribution in [0.15, 0.2) is 23.1 Å². The second kappa shape index (κ2) is 6.11. The number of esters is 1. The van der Waals surface area contributed by atoms with Crippen LogP contribution in [0.1, 0.15) is 29.6 Å². The molecule has 0 atom stereocenters. The minimum absolute atomic E-state index is 0.0162. The van der Waals surface area contributed by atoms with Crippen molar-refractivity contribution in [2.45, 2.75) is 24.2 Å². The first-order chi connectivity index (χ1) is 9.46. The van der Waals surface area contributed by atoms with Crippen LogP contribution in [0.25, 0.3) is 0 Å². The summed E-state index contributed by atoms with van der Waals surface area (Å²) in [5.74, 6) is -0.683. The van der Waals surface area contributed by atoms with E-state index in [-0.39, 0.29) is 15.5 Å². The quantitative estimate of drug-likeness (QED) is 0.802. The number of piperidine rings is 1. The first-order valence-electron chi connectivity index (χ1n) is 6.35. The third kappa shape index (κ3) is 2.97. The van der Waals surface area contributed by atoms with Gasteiger partial charge in [-0.25, -0.2) is 13.2 Å². The number of hydrogen-bond acceptors (Lipinski definition) is 4. The Morgan fingerprint density at radius 1 is 1.25 bits per heavy atom. The molecule has 2 rings (SSSR count). The monoisotopic (exact) mass is 317 g/mol. The van der Waals surface area contributed by atoms with E-state index in [1.54, 1.807) is 0 Å². The second-order valence-electron chi connectivity index (χ2n) is 4.60. The molecule has 0 amide bonds. The molecule has 1 aromatic rings. The van der Waals surface area contributed by atoms with Gasteiger partial charge < -0.3 is 4.74 Å². The molecule has 0 saturated carbocycles. The van der Waals surface area contributed by atoms with Gasteiger partial charge in [0.15, 0.2) is 0 Å². The summed E-state index contributed by atoms with van der Waals surface area (Å²) in [6.45, 7) is 0.935. The van der Waals surface area contributed by atoms with Crippen LogP contribution < -0.4 is 0 Å². The SMILES string of the molecule is COC(=O)c1ccc(Cl)cc1S(=O)(=O)N1CCCCC1. The molecule has 0 N–H and O–H groups in total. The number of halogens is 1. The third-order valence-electron chi connectivity index (χ3n) is 3.28. The van der Waals surface area contributed by atoms with Crippen molar-refractivity contribution in [3.8, 4) is 0 Å². The van der Waals surface area contributed by atoms with Crippen molar-refractivity contribution in [2.24, 2.45) is 0 Å². The first kappa shape index (κ1) is 15.3. The van der Waals surface area contributed by atoms with Crippen LogP contribution >= 0.6 is 11.6 Å². The maximum absolute atomic E-state index is 12.6. The van der Waals surface area contributed by atoms with Crippen LogP contribution in [0.2, 0.25) is 5.02 Å². The van der Waals surface area contributed by atoms with E-state index in [0.717, 1.165) is 19.3 Å². The summed E-state index contributed by atoms with van der Waals surface area (Å²) in [4.78, 5) is 11.6. The van der Waals surface area contributed by atoms with Crippen LogP contribution in [-0.4, -0.2) is 38.9 Å². The lowest BCUT2D eigenvalue weighted by atomic mass is 10.2. The molecule has 1 saturated heterocycles. The van der Waals surface area contributed by atoms with E-state index in [4.69, 9.17) is 11.6 Å². The summed E-state index contributed by atoms with van der Waals surface area (Å²) in [5.41, 5.74) is 0.0162. The molecule has 5 nitrogen and oxygen atoms in total. The normalized spacial score (nSPS) is 16.9. The first-order valence-corrected chi connectivity index (χ1v) is 8.16. The highest BCUT2D eigenvalue weighted by Crippen LogP contribution is 2.26. The molecule has 1 fully saturated rings. The summed E-state index contributed by atoms with van der Waals surface area (Å²) in [7, 11) is -2.51. The number of benzene rings is 1. The minimum atomic E-state index is -3.72. The molecule has 1 aliphatic rings. The van der Waals surface area contributed by atoms with Crippen molar-refractivity contribution in [3.05, 3.63) is 28.8 Å². The molecule has 0 bridgehead atoms. The fraction of sp³-hybridized carbons (Fsp3) is 0.462. The lowest BCUT2D eigenvalue weighted by molar-refractivity contribution is 0.0596. The van der Waals surface area contributed by atoms with Gasteiger partial charge >= 0.3 is 5.97 Å². The van der Waals surface area contributed by atoms with Gasteiger partial charge in [-0.05, 0) is 31.0 Å². The van der Waals surface area contributed by atoms with Gasteiger partial charge in [-0.15, -0.1) is 0 Å². The van der Waals surface area contributed by atoms with Crippen LogP contribution in [0, 0.1) is 0 Å². The van der Waals surface area contributed by atoms with Crippen molar-refractivity contribution in [3.63, 3.8) is 0 Å². The van der Waals surface area contributed by atoms with Crippen LogP contribution in [0.5, 0.6) is 0 Å².